The number of alkyl halides is 1. The standard InChI is InChI=1S/C5H6BrFO2/c1-9-5(8)4(6)2-3-7/h2-4H,1H3. The number of ether oxygens (including phenoxy) is 1. The van der Waals surface area contributed by atoms with E-state index < -0.39 is 10.8 Å². The molecule has 0 amide bonds. The van der Waals surface area contributed by atoms with Gasteiger partial charge in [-0.15, -0.1) is 0 Å². The van der Waals surface area contributed by atoms with Gasteiger partial charge in [-0.25, -0.2) is 4.39 Å². The van der Waals surface area contributed by atoms with Crippen molar-refractivity contribution in [2.45, 2.75) is 4.83 Å². The minimum Gasteiger partial charge on any atom is -0.468 e. The molecule has 0 rings (SSSR count). The van der Waals surface area contributed by atoms with Gasteiger partial charge in [0.2, 0.25) is 0 Å². The second-order valence-corrected chi connectivity index (χ2v) is 2.23. The molecular weight excluding hydrogens is 191 g/mol. The molecule has 0 aromatic carbocycles. The highest BCUT2D eigenvalue weighted by molar-refractivity contribution is 9.10. The van der Waals surface area contributed by atoms with Gasteiger partial charge >= 0.3 is 5.97 Å². The summed E-state index contributed by atoms with van der Waals surface area (Å²) in [5, 5.41) is 0. The molecule has 52 valence electrons. The Morgan fingerprint density at radius 3 is 2.78 bits per heavy atom. The number of halogens is 2. The molecule has 0 aliphatic rings. The van der Waals surface area contributed by atoms with Crippen molar-refractivity contribution < 1.29 is 13.9 Å². The zero-order valence-corrected chi connectivity index (χ0v) is 6.39. The third-order valence-electron chi connectivity index (χ3n) is 0.668. The fraction of sp³-hybridized carbons (Fsp3) is 0.400. The average molecular weight is 197 g/mol. The molecule has 0 bridgehead atoms. The monoisotopic (exact) mass is 196 g/mol. The van der Waals surface area contributed by atoms with Crippen molar-refractivity contribution in [3.05, 3.63) is 12.4 Å². The Bertz CT molecular complexity index is 124. The van der Waals surface area contributed by atoms with Crippen molar-refractivity contribution in [2.24, 2.45) is 0 Å². The predicted molar refractivity (Wildman–Crippen MR) is 35.0 cm³/mol. The van der Waals surface area contributed by atoms with Gasteiger partial charge < -0.3 is 4.74 Å². The van der Waals surface area contributed by atoms with Gasteiger partial charge in [-0.05, 0) is 6.08 Å². The van der Waals surface area contributed by atoms with Crippen LogP contribution in [0.4, 0.5) is 4.39 Å². The first-order valence-electron chi connectivity index (χ1n) is 2.21. The van der Waals surface area contributed by atoms with E-state index in [2.05, 4.69) is 20.7 Å². The van der Waals surface area contributed by atoms with Crippen LogP contribution in [-0.4, -0.2) is 17.9 Å². The van der Waals surface area contributed by atoms with Gasteiger partial charge in [-0.3, -0.25) is 4.79 Å². The van der Waals surface area contributed by atoms with E-state index >= 15 is 0 Å². The topological polar surface area (TPSA) is 26.3 Å². The quantitative estimate of drug-likeness (QED) is 0.494. The summed E-state index contributed by atoms with van der Waals surface area (Å²) < 4.78 is 15.6. The third-order valence-corrected chi connectivity index (χ3v) is 1.35. The molecule has 1 atom stereocenters. The molecule has 0 aliphatic heterocycles. The van der Waals surface area contributed by atoms with Crippen LogP contribution in [0.2, 0.25) is 0 Å². The lowest BCUT2D eigenvalue weighted by atomic mass is 10.4. The van der Waals surface area contributed by atoms with Gasteiger partial charge in [0.1, 0.15) is 4.83 Å². The largest absolute Gasteiger partial charge is 0.468 e. The molecule has 9 heavy (non-hydrogen) atoms. The zero-order chi connectivity index (χ0) is 7.28. The van der Waals surface area contributed by atoms with Crippen LogP contribution in [0.1, 0.15) is 0 Å². The minimum atomic E-state index is -0.674. The number of hydrogen-bond donors (Lipinski definition) is 0. The van der Waals surface area contributed by atoms with E-state index in [4.69, 9.17) is 0 Å². The van der Waals surface area contributed by atoms with Crippen LogP contribution in [-0.2, 0) is 9.53 Å². The summed E-state index contributed by atoms with van der Waals surface area (Å²) in [6, 6.07) is 0. The van der Waals surface area contributed by atoms with Crippen LogP contribution in [0.3, 0.4) is 0 Å². The maximum Gasteiger partial charge on any atom is 0.323 e. The summed E-state index contributed by atoms with van der Waals surface area (Å²) in [5.41, 5.74) is 0. The summed E-state index contributed by atoms with van der Waals surface area (Å²) in [4.78, 5) is 9.74. The van der Waals surface area contributed by atoms with Gasteiger partial charge in [0, 0.05) is 0 Å². The number of carbonyl (C=O) groups is 1. The fourth-order valence-electron chi connectivity index (χ4n) is 0.255. The van der Waals surface area contributed by atoms with Crippen molar-refractivity contribution in [1.82, 2.24) is 0 Å². The van der Waals surface area contributed by atoms with E-state index in [9.17, 15) is 9.18 Å². The lowest BCUT2D eigenvalue weighted by Gasteiger charge is -1.98. The number of methoxy groups -OCH3 is 1. The van der Waals surface area contributed by atoms with Crippen LogP contribution >= 0.6 is 15.9 Å². The Kier molecular flexibility index (Phi) is 4.30. The summed E-state index contributed by atoms with van der Waals surface area (Å²) in [7, 11) is 1.24. The van der Waals surface area contributed by atoms with Crippen LogP contribution in [0.15, 0.2) is 12.4 Å². The smallest absolute Gasteiger partial charge is 0.323 e. The van der Waals surface area contributed by atoms with Crippen LogP contribution in [0, 0.1) is 0 Å². The van der Waals surface area contributed by atoms with E-state index in [0.29, 0.717) is 0 Å². The fourth-order valence-corrected chi connectivity index (χ4v) is 0.557. The first-order chi connectivity index (χ1) is 4.22. The van der Waals surface area contributed by atoms with E-state index in [-0.39, 0.29) is 6.33 Å². The Labute approximate surface area is 60.8 Å². The van der Waals surface area contributed by atoms with Crippen LogP contribution < -0.4 is 0 Å². The average Bonchev–Trinajstić information content (AvgIpc) is 1.87. The molecular formula is C5H6BrFO2. The summed E-state index contributed by atoms with van der Waals surface area (Å²) in [6.07, 6.45) is 1.34. The summed E-state index contributed by atoms with van der Waals surface area (Å²) >= 11 is 2.86. The van der Waals surface area contributed by atoms with Gasteiger partial charge in [-0.1, -0.05) is 15.9 Å². The Hall–Kier alpha value is -0.380. The van der Waals surface area contributed by atoms with E-state index in [1.165, 1.54) is 7.11 Å². The molecule has 0 N–H and O–H groups in total. The van der Waals surface area contributed by atoms with Gasteiger partial charge in [-0.2, -0.15) is 0 Å². The van der Waals surface area contributed by atoms with E-state index in [1.54, 1.807) is 0 Å². The summed E-state index contributed by atoms with van der Waals surface area (Å²) in [6.45, 7) is 0. The van der Waals surface area contributed by atoms with Crippen molar-refractivity contribution in [3.63, 3.8) is 0 Å². The molecule has 0 aliphatic carbocycles. The minimum absolute atomic E-state index is 0.288. The Balaban J connectivity index is 3.72. The second kappa shape index (κ2) is 4.49. The molecule has 1 unspecified atom stereocenters. The first kappa shape index (κ1) is 8.62. The molecule has 0 aromatic heterocycles. The van der Waals surface area contributed by atoms with Crippen LogP contribution in [0.25, 0.3) is 0 Å². The number of hydrogen-bond acceptors (Lipinski definition) is 2. The zero-order valence-electron chi connectivity index (χ0n) is 4.80. The van der Waals surface area contributed by atoms with Gasteiger partial charge in [0.05, 0.1) is 13.4 Å². The maximum atomic E-state index is 11.3. The number of rotatable bonds is 2. The first-order valence-corrected chi connectivity index (χ1v) is 3.12. The van der Waals surface area contributed by atoms with Crippen molar-refractivity contribution >= 4 is 21.9 Å². The van der Waals surface area contributed by atoms with Crippen molar-refractivity contribution in [3.8, 4) is 0 Å². The molecule has 4 heteroatoms. The molecule has 2 nitrogen and oxygen atoms in total. The molecule has 0 fully saturated rings. The van der Waals surface area contributed by atoms with Crippen molar-refractivity contribution in [1.29, 1.82) is 0 Å². The van der Waals surface area contributed by atoms with Crippen molar-refractivity contribution in [2.75, 3.05) is 7.11 Å². The second-order valence-electron chi connectivity index (χ2n) is 1.24. The summed E-state index contributed by atoms with van der Waals surface area (Å²) in [5.74, 6) is -0.510. The normalized spacial score (nSPS) is 13.7. The SMILES string of the molecule is COC(=O)C(Br)C=CF. The number of carbonyl (C=O) groups excluding carboxylic acids is 1. The van der Waals surface area contributed by atoms with Crippen LogP contribution in [0.5, 0.6) is 0 Å². The highest BCUT2D eigenvalue weighted by Crippen LogP contribution is 2.02. The van der Waals surface area contributed by atoms with Gasteiger partial charge in [0.25, 0.3) is 0 Å². The molecule has 0 aromatic rings. The lowest BCUT2D eigenvalue weighted by Crippen LogP contribution is -2.12. The molecule has 0 saturated heterocycles. The van der Waals surface area contributed by atoms with Gasteiger partial charge in [0.15, 0.2) is 0 Å². The number of esters is 1. The molecule has 0 saturated carbocycles. The Morgan fingerprint density at radius 1 is 1.89 bits per heavy atom. The lowest BCUT2D eigenvalue weighted by molar-refractivity contribution is -0.138. The molecule has 0 radical (unpaired) electrons. The molecule has 0 heterocycles. The highest BCUT2D eigenvalue weighted by Gasteiger charge is 2.09. The van der Waals surface area contributed by atoms with E-state index in [1.807, 2.05) is 0 Å². The third kappa shape index (κ3) is 3.24. The highest BCUT2D eigenvalue weighted by atomic mass is 79.9. The molecule has 0 spiro atoms. The maximum absolute atomic E-state index is 11.3. The predicted octanol–water partition coefficient (Wildman–Crippen LogP) is 1.41. The van der Waals surface area contributed by atoms with E-state index in [0.717, 1.165) is 6.08 Å². The Morgan fingerprint density at radius 2 is 2.44 bits per heavy atom.